The molecule has 32 heavy (non-hydrogen) atoms. The van der Waals surface area contributed by atoms with Gasteiger partial charge in [-0.3, -0.25) is 9.67 Å². The van der Waals surface area contributed by atoms with Crippen LogP contribution in [0, 0.1) is 0 Å². The second kappa shape index (κ2) is 8.47. The fraction of sp³-hybridized carbons (Fsp3) is 0.368. The lowest BCUT2D eigenvalue weighted by Gasteiger charge is -2.48. The molecule has 1 aromatic carbocycles. The summed E-state index contributed by atoms with van der Waals surface area (Å²) >= 11 is 0. The molecule has 1 aromatic heterocycles. The SMILES string of the molecule is Cn1cc(C2N=CC=C(c3ccc(OC(F)(F)F)cc3)N2C(CO)(CO)C(F)(F)F)cn1. The molecular weight excluding hydrogens is 446 g/mol. The first kappa shape index (κ1) is 23.6. The lowest BCUT2D eigenvalue weighted by Crippen LogP contribution is -2.64. The monoisotopic (exact) mass is 464 g/mol. The van der Waals surface area contributed by atoms with Crippen molar-refractivity contribution in [2.75, 3.05) is 13.2 Å². The maximum absolute atomic E-state index is 14.2. The van der Waals surface area contributed by atoms with Crippen LogP contribution in [0.25, 0.3) is 5.70 Å². The molecule has 0 fully saturated rings. The zero-order valence-electron chi connectivity index (χ0n) is 16.5. The van der Waals surface area contributed by atoms with Crippen LogP contribution in [-0.4, -0.2) is 62.4 Å². The number of aromatic nitrogens is 2. The summed E-state index contributed by atoms with van der Waals surface area (Å²) < 4.78 is 85.0. The van der Waals surface area contributed by atoms with Crippen molar-refractivity contribution in [2.45, 2.75) is 24.2 Å². The Balaban J connectivity index is 2.13. The van der Waals surface area contributed by atoms with Gasteiger partial charge in [-0.25, -0.2) is 0 Å². The number of allylic oxidation sites excluding steroid dienone is 1. The fourth-order valence-corrected chi connectivity index (χ4v) is 3.33. The van der Waals surface area contributed by atoms with Gasteiger partial charge in [-0.2, -0.15) is 18.3 Å². The first-order chi connectivity index (χ1) is 14.9. The average Bonchev–Trinajstić information content (AvgIpc) is 3.14. The van der Waals surface area contributed by atoms with Gasteiger partial charge in [0.25, 0.3) is 0 Å². The molecule has 2 aromatic rings. The summed E-state index contributed by atoms with van der Waals surface area (Å²) in [5.41, 5.74) is -2.97. The molecule has 13 heteroatoms. The number of nitrogens with zero attached hydrogens (tertiary/aromatic N) is 4. The largest absolute Gasteiger partial charge is 0.573 e. The number of aliphatic hydroxyl groups excluding tert-OH is 2. The van der Waals surface area contributed by atoms with Crippen LogP contribution in [0.1, 0.15) is 17.3 Å². The second-order valence-electron chi connectivity index (χ2n) is 6.96. The minimum Gasteiger partial charge on any atom is -0.406 e. The number of aliphatic imine (C=N–C) groups is 1. The topological polar surface area (TPSA) is 83.1 Å². The van der Waals surface area contributed by atoms with E-state index in [1.165, 1.54) is 29.4 Å². The fourth-order valence-electron chi connectivity index (χ4n) is 3.33. The van der Waals surface area contributed by atoms with Crippen molar-refractivity contribution >= 4 is 11.9 Å². The molecule has 0 radical (unpaired) electrons. The normalized spacial score (nSPS) is 17.5. The minimum absolute atomic E-state index is 0.0788. The van der Waals surface area contributed by atoms with Crippen LogP contribution in [0.2, 0.25) is 0 Å². The highest BCUT2D eigenvalue weighted by atomic mass is 19.4. The van der Waals surface area contributed by atoms with Crippen molar-refractivity contribution in [3.05, 3.63) is 53.9 Å². The van der Waals surface area contributed by atoms with Gasteiger partial charge in [0, 0.05) is 30.7 Å². The van der Waals surface area contributed by atoms with Crippen molar-refractivity contribution in [2.24, 2.45) is 12.0 Å². The third-order valence-electron chi connectivity index (χ3n) is 4.88. The van der Waals surface area contributed by atoms with E-state index in [9.17, 15) is 36.6 Å². The summed E-state index contributed by atoms with van der Waals surface area (Å²) in [6.07, 6.45) is -6.23. The molecule has 2 N–H and O–H groups in total. The van der Waals surface area contributed by atoms with Crippen molar-refractivity contribution < 1.29 is 41.3 Å². The molecule has 0 saturated carbocycles. The summed E-state index contributed by atoms with van der Waals surface area (Å²) in [6, 6.07) is 4.16. The second-order valence-corrected chi connectivity index (χ2v) is 6.96. The molecule has 0 bridgehead atoms. The van der Waals surface area contributed by atoms with E-state index in [2.05, 4.69) is 14.8 Å². The average molecular weight is 464 g/mol. The molecule has 174 valence electrons. The minimum atomic E-state index is -5.11. The molecule has 1 aliphatic rings. The molecular formula is C19H18F6N4O3. The van der Waals surface area contributed by atoms with Gasteiger partial charge < -0.3 is 19.8 Å². The van der Waals surface area contributed by atoms with E-state index in [0.29, 0.717) is 4.90 Å². The number of aliphatic hydroxyl groups is 2. The number of rotatable bonds is 6. The maximum atomic E-state index is 14.2. The Labute approximate surface area is 177 Å². The van der Waals surface area contributed by atoms with Crippen LogP contribution < -0.4 is 4.74 Å². The Morgan fingerprint density at radius 2 is 1.66 bits per heavy atom. The summed E-state index contributed by atoms with van der Waals surface area (Å²) in [5, 5.41) is 23.5. The molecule has 0 aliphatic carbocycles. The molecule has 1 aliphatic heterocycles. The van der Waals surface area contributed by atoms with Crippen LogP contribution >= 0.6 is 0 Å². The van der Waals surface area contributed by atoms with E-state index in [-0.39, 0.29) is 16.8 Å². The van der Waals surface area contributed by atoms with Crippen molar-refractivity contribution in [3.8, 4) is 5.75 Å². The lowest BCUT2D eigenvalue weighted by atomic mass is 9.92. The zero-order valence-corrected chi connectivity index (χ0v) is 16.5. The number of benzene rings is 1. The van der Waals surface area contributed by atoms with Crippen molar-refractivity contribution in [3.63, 3.8) is 0 Å². The highest BCUT2D eigenvalue weighted by Crippen LogP contribution is 2.46. The third-order valence-corrected chi connectivity index (χ3v) is 4.88. The predicted octanol–water partition coefficient (Wildman–Crippen LogP) is 3.03. The van der Waals surface area contributed by atoms with E-state index in [0.717, 1.165) is 24.3 Å². The standard InChI is InChI=1S/C19H18F6N4O3/c1-28-9-13(8-27-28)16-26-7-6-15(29(16)17(10-30,11-31)18(20,21)22)12-2-4-14(5-3-12)32-19(23,24)25/h2-9,16,30-31H,10-11H2,1H3. The number of ether oxygens (including phenoxy) is 1. The summed E-state index contributed by atoms with van der Waals surface area (Å²) in [7, 11) is 1.55. The van der Waals surface area contributed by atoms with Crippen molar-refractivity contribution in [1.82, 2.24) is 14.7 Å². The first-order valence-corrected chi connectivity index (χ1v) is 9.08. The van der Waals surface area contributed by atoms with Gasteiger partial charge >= 0.3 is 12.5 Å². The molecule has 0 saturated heterocycles. The highest BCUT2D eigenvalue weighted by Gasteiger charge is 2.61. The Bertz CT molecular complexity index is 994. The van der Waals surface area contributed by atoms with Crippen LogP contribution in [0.15, 0.2) is 47.7 Å². The van der Waals surface area contributed by atoms with E-state index in [1.807, 2.05) is 0 Å². The van der Waals surface area contributed by atoms with Gasteiger partial charge in [0.15, 0.2) is 11.7 Å². The Hall–Kier alpha value is -3.06. The van der Waals surface area contributed by atoms with Gasteiger partial charge in [0.2, 0.25) is 0 Å². The van der Waals surface area contributed by atoms with Crippen LogP contribution in [-0.2, 0) is 7.05 Å². The number of aryl methyl sites for hydroxylation is 1. The van der Waals surface area contributed by atoms with Gasteiger partial charge in [-0.15, -0.1) is 13.2 Å². The Kier molecular flexibility index (Phi) is 6.24. The van der Waals surface area contributed by atoms with E-state index in [1.54, 1.807) is 7.05 Å². The molecule has 0 spiro atoms. The van der Waals surface area contributed by atoms with Crippen LogP contribution in [0.3, 0.4) is 0 Å². The summed E-state index contributed by atoms with van der Waals surface area (Å²) in [5.74, 6) is -0.562. The number of halogens is 6. The number of hydrogen-bond donors (Lipinski definition) is 2. The van der Waals surface area contributed by atoms with Crippen molar-refractivity contribution in [1.29, 1.82) is 0 Å². The molecule has 1 atom stereocenters. The molecule has 1 unspecified atom stereocenters. The van der Waals surface area contributed by atoms with Gasteiger partial charge in [0.05, 0.1) is 19.4 Å². The number of hydrogen-bond acceptors (Lipinski definition) is 6. The first-order valence-electron chi connectivity index (χ1n) is 9.08. The van der Waals surface area contributed by atoms with E-state index < -0.39 is 43.2 Å². The summed E-state index contributed by atoms with van der Waals surface area (Å²) in [4.78, 5) is 4.79. The van der Waals surface area contributed by atoms with Gasteiger partial charge in [0.1, 0.15) is 5.75 Å². The van der Waals surface area contributed by atoms with E-state index in [4.69, 9.17) is 0 Å². The Morgan fingerprint density at radius 3 is 2.12 bits per heavy atom. The van der Waals surface area contributed by atoms with Crippen LogP contribution in [0.5, 0.6) is 5.75 Å². The zero-order chi connectivity index (χ0) is 23.7. The third kappa shape index (κ3) is 4.43. The predicted molar refractivity (Wildman–Crippen MR) is 100 cm³/mol. The quantitative estimate of drug-likeness (QED) is 0.643. The maximum Gasteiger partial charge on any atom is 0.573 e. The Morgan fingerprint density at radius 1 is 1.03 bits per heavy atom. The smallest absolute Gasteiger partial charge is 0.406 e. The molecule has 7 nitrogen and oxygen atoms in total. The molecule has 3 rings (SSSR count). The highest BCUT2D eigenvalue weighted by molar-refractivity contribution is 5.86. The lowest BCUT2D eigenvalue weighted by molar-refractivity contribution is -0.274. The number of alkyl halides is 6. The summed E-state index contributed by atoms with van der Waals surface area (Å²) in [6.45, 7) is -3.02. The van der Waals surface area contributed by atoms with Crippen LogP contribution in [0.4, 0.5) is 26.3 Å². The molecule has 0 amide bonds. The van der Waals surface area contributed by atoms with Gasteiger partial charge in [-0.05, 0) is 35.9 Å². The van der Waals surface area contributed by atoms with E-state index >= 15 is 0 Å². The molecule has 2 heterocycles. The van der Waals surface area contributed by atoms with Gasteiger partial charge in [-0.1, -0.05) is 0 Å².